The van der Waals surface area contributed by atoms with Crippen LogP contribution < -0.4 is 15.7 Å². The molecule has 2 unspecified atom stereocenters. The molecule has 2 atom stereocenters. The summed E-state index contributed by atoms with van der Waals surface area (Å²) in [7, 11) is -1.35. The summed E-state index contributed by atoms with van der Waals surface area (Å²) < 4.78 is 5.35. The minimum Gasteiger partial charge on any atom is -0.534 e. The summed E-state index contributed by atoms with van der Waals surface area (Å²) in [6.45, 7) is 0. The molecule has 1 amide bonds. The van der Waals surface area contributed by atoms with Crippen LogP contribution in [0.15, 0.2) is 48.5 Å². The molecular formula is C18H19BN2O5. The molecule has 5 N–H and O–H groups in total. The second-order valence-electron chi connectivity index (χ2n) is 6.22. The highest BCUT2D eigenvalue weighted by molar-refractivity contribution is 6.47. The van der Waals surface area contributed by atoms with Crippen molar-refractivity contribution < 1.29 is 24.4 Å². The highest BCUT2D eigenvalue weighted by atomic mass is 16.5. The van der Waals surface area contributed by atoms with E-state index < -0.39 is 31.0 Å². The number of nitrogens with one attached hydrogen (secondary N) is 1. The zero-order valence-electron chi connectivity index (χ0n) is 14.0. The van der Waals surface area contributed by atoms with Crippen LogP contribution in [0.3, 0.4) is 0 Å². The molecule has 0 aliphatic carbocycles. The number of hydrogen-bond donors (Lipinski definition) is 4. The van der Waals surface area contributed by atoms with E-state index in [9.17, 15) is 19.7 Å². The fourth-order valence-electron chi connectivity index (χ4n) is 2.97. The van der Waals surface area contributed by atoms with Gasteiger partial charge >= 0.3 is 13.1 Å². The van der Waals surface area contributed by atoms with E-state index in [0.29, 0.717) is 12.0 Å². The topological polar surface area (TPSA) is 122 Å². The predicted octanol–water partition coefficient (Wildman–Crippen LogP) is 0.394. The third kappa shape index (κ3) is 3.87. The van der Waals surface area contributed by atoms with Gasteiger partial charge in [-0.3, -0.25) is 4.79 Å². The van der Waals surface area contributed by atoms with E-state index in [2.05, 4.69) is 5.32 Å². The smallest absolute Gasteiger partial charge is 0.534 e. The maximum Gasteiger partial charge on any atom is 0.547 e. The molecular weight excluding hydrogens is 335 g/mol. The van der Waals surface area contributed by atoms with Gasteiger partial charge in [0, 0.05) is 0 Å². The van der Waals surface area contributed by atoms with E-state index in [4.69, 9.17) is 10.4 Å². The Hall–Kier alpha value is -2.84. The molecule has 0 saturated heterocycles. The number of benzene rings is 2. The third-order valence-electron chi connectivity index (χ3n) is 4.31. The summed E-state index contributed by atoms with van der Waals surface area (Å²) in [5.74, 6) is -2.12. The first-order chi connectivity index (χ1) is 12.5. The Morgan fingerprint density at radius 2 is 1.96 bits per heavy atom. The molecule has 0 fully saturated rings. The van der Waals surface area contributed by atoms with Crippen LogP contribution in [-0.2, 0) is 17.6 Å². The molecule has 0 saturated carbocycles. The molecule has 0 bridgehead atoms. The normalized spacial score (nSPS) is 17.0. The molecule has 1 aliphatic rings. The summed E-state index contributed by atoms with van der Waals surface area (Å²) in [6.07, 6.45) is 0.623. The number of amides is 1. The van der Waals surface area contributed by atoms with Crippen LogP contribution in [0.2, 0.25) is 0 Å². The molecule has 1 aliphatic heterocycles. The number of carbonyl (C=O) groups is 2. The van der Waals surface area contributed by atoms with E-state index in [1.54, 1.807) is 12.1 Å². The van der Waals surface area contributed by atoms with Gasteiger partial charge in [0.15, 0.2) is 0 Å². The van der Waals surface area contributed by atoms with Crippen LogP contribution in [0, 0.1) is 0 Å². The highest BCUT2D eigenvalue weighted by Crippen LogP contribution is 2.30. The van der Waals surface area contributed by atoms with Gasteiger partial charge in [-0.05, 0) is 30.0 Å². The molecule has 3 rings (SSSR count). The lowest BCUT2D eigenvalue weighted by Gasteiger charge is -2.29. The number of carboxylic acids is 1. The first-order valence-corrected chi connectivity index (χ1v) is 8.25. The van der Waals surface area contributed by atoms with Crippen LogP contribution in [0.5, 0.6) is 5.75 Å². The quantitative estimate of drug-likeness (QED) is 0.577. The molecule has 134 valence electrons. The fraction of sp³-hybridized carbons (Fsp3) is 0.222. The first-order valence-electron chi connectivity index (χ1n) is 8.25. The Labute approximate surface area is 150 Å². The average molecular weight is 354 g/mol. The molecule has 0 radical (unpaired) electrons. The molecule has 2 aromatic carbocycles. The Kier molecular flexibility index (Phi) is 5.25. The number of nitrogens with two attached hydrogens (primary N) is 1. The Morgan fingerprint density at radius 1 is 1.23 bits per heavy atom. The van der Waals surface area contributed by atoms with Gasteiger partial charge in [0.2, 0.25) is 5.91 Å². The molecule has 1 heterocycles. The van der Waals surface area contributed by atoms with Crippen LogP contribution in [0.1, 0.15) is 21.5 Å². The predicted molar refractivity (Wildman–Crippen MR) is 95.8 cm³/mol. The Balaban J connectivity index is 1.68. The van der Waals surface area contributed by atoms with Gasteiger partial charge in [0.05, 0.1) is 17.5 Å². The molecule has 8 heteroatoms. The lowest BCUT2D eigenvalue weighted by Crippen LogP contribution is -2.56. The SMILES string of the molecule is NC(Cc1ccccc1)C(=O)NC1Cc2cccc(C(=O)O)c2OB1O. The highest BCUT2D eigenvalue weighted by Gasteiger charge is 2.38. The van der Waals surface area contributed by atoms with Crippen molar-refractivity contribution in [3.8, 4) is 5.75 Å². The summed E-state index contributed by atoms with van der Waals surface area (Å²) in [6, 6.07) is 13.3. The number of para-hydroxylation sites is 1. The van der Waals surface area contributed by atoms with E-state index in [0.717, 1.165) is 5.56 Å². The van der Waals surface area contributed by atoms with Crippen LogP contribution in [0.25, 0.3) is 0 Å². The van der Waals surface area contributed by atoms with Crippen molar-refractivity contribution in [3.05, 3.63) is 65.2 Å². The third-order valence-corrected chi connectivity index (χ3v) is 4.31. The van der Waals surface area contributed by atoms with E-state index in [1.165, 1.54) is 6.07 Å². The van der Waals surface area contributed by atoms with Crippen molar-refractivity contribution in [2.24, 2.45) is 5.73 Å². The zero-order chi connectivity index (χ0) is 18.7. The molecule has 0 spiro atoms. The minimum atomic E-state index is -1.35. The van der Waals surface area contributed by atoms with Crippen LogP contribution in [0.4, 0.5) is 0 Å². The summed E-state index contributed by atoms with van der Waals surface area (Å²) in [4.78, 5) is 23.6. The fourth-order valence-corrected chi connectivity index (χ4v) is 2.97. The second-order valence-corrected chi connectivity index (χ2v) is 6.22. The number of hydrogen-bond acceptors (Lipinski definition) is 5. The number of fused-ring (bicyclic) bond motifs is 1. The minimum absolute atomic E-state index is 0.0212. The molecule has 2 aromatic rings. The average Bonchev–Trinajstić information content (AvgIpc) is 2.62. The Bertz CT molecular complexity index is 814. The van der Waals surface area contributed by atoms with Gasteiger partial charge in [-0.25, -0.2) is 4.79 Å². The van der Waals surface area contributed by atoms with Gasteiger partial charge in [0.1, 0.15) is 5.75 Å². The monoisotopic (exact) mass is 354 g/mol. The molecule has 0 aromatic heterocycles. The summed E-state index contributed by atoms with van der Waals surface area (Å²) in [5.41, 5.74) is 7.48. The van der Waals surface area contributed by atoms with Crippen LogP contribution in [-0.4, -0.2) is 41.1 Å². The van der Waals surface area contributed by atoms with E-state index in [-0.39, 0.29) is 17.7 Å². The first kappa shape index (κ1) is 18.0. The summed E-state index contributed by atoms with van der Waals surface area (Å²) >= 11 is 0. The Morgan fingerprint density at radius 3 is 2.65 bits per heavy atom. The second kappa shape index (κ2) is 7.59. The molecule has 7 nitrogen and oxygen atoms in total. The van der Waals surface area contributed by atoms with Gasteiger partial charge in [0.25, 0.3) is 0 Å². The molecule has 26 heavy (non-hydrogen) atoms. The maximum absolute atomic E-state index is 12.4. The number of rotatable bonds is 5. The van der Waals surface area contributed by atoms with Crippen molar-refractivity contribution in [3.63, 3.8) is 0 Å². The van der Waals surface area contributed by atoms with Crippen molar-refractivity contribution in [1.29, 1.82) is 0 Å². The largest absolute Gasteiger partial charge is 0.547 e. The van der Waals surface area contributed by atoms with Crippen molar-refractivity contribution in [1.82, 2.24) is 5.32 Å². The maximum atomic E-state index is 12.4. The van der Waals surface area contributed by atoms with Gasteiger partial charge in [-0.2, -0.15) is 0 Å². The number of carboxylic acid groups (broad SMARTS) is 1. The van der Waals surface area contributed by atoms with Crippen LogP contribution >= 0.6 is 0 Å². The van der Waals surface area contributed by atoms with Gasteiger partial charge in [-0.1, -0.05) is 42.5 Å². The number of aromatic carboxylic acids is 1. The van der Waals surface area contributed by atoms with Gasteiger partial charge in [-0.15, -0.1) is 0 Å². The van der Waals surface area contributed by atoms with Crippen molar-refractivity contribution >= 4 is 19.0 Å². The lowest BCUT2D eigenvalue weighted by atomic mass is 9.72. The van der Waals surface area contributed by atoms with E-state index in [1.807, 2.05) is 30.3 Å². The van der Waals surface area contributed by atoms with Gasteiger partial charge < -0.3 is 25.8 Å². The van der Waals surface area contributed by atoms with E-state index >= 15 is 0 Å². The van der Waals surface area contributed by atoms with Crippen molar-refractivity contribution in [2.75, 3.05) is 0 Å². The number of carbonyl (C=O) groups excluding carboxylic acids is 1. The zero-order valence-corrected chi connectivity index (χ0v) is 14.0. The summed E-state index contributed by atoms with van der Waals surface area (Å²) in [5, 5.41) is 22.1. The standard InChI is InChI=1S/C18H19BN2O5/c20-14(9-11-5-2-1-3-6-11)17(22)21-15-10-12-7-4-8-13(18(23)24)16(12)26-19(15)25/h1-8,14-15,25H,9-10,20H2,(H,21,22)(H,23,24). The van der Waals surface area contributed by atoms with Crippen molar-refractivity contribution in [2.45, 2.75) is 24.8 Å². The lowest BCUT2D eigenvalue weighted by molar-refractivity contribution is -0.122.